The van der Waals surface area contributed by atoms with Crippen molar-refractivity contribution in [1.29, 1.82) is 0 Å². The van der Waals surface area contributed by atoms with Crippen LogP contribution in [0.4, 0.5) is 4.39 Å². The average Bonchev–Trinajstić information content (AvgIpc) is 3.36. The molecule has 2 amide bonds. The third kappa shape index (κ3) is 2.97. The largest absolute Gasteiger partial charge is 0.484 e. The van der Waals surface area contributed by atoms with E-state index in [-0.39, 0.29) is 42.8 Å². The van der Waals surface area contributed by atoms with Gasteiger partial charge in [0.05, 0.1) is 19.0 Å². The van der Waals surface area contributed by atoms with Gasteiger partial charge >= 0.3 is 0 Å². The van der Waals surface area contributed by atoms with Gasteiger partial charge in [-0.15, -0.1) is 0 Å². The van der Waals surface area contributed by atoms with E-state index in [1.54, 1.807) is 4.90 Å². The predicted molar refractivity (Wildman–Crippen MR) is 101 cm³/mol. The monoisotopic (exact) mass is 396 g/mol. The number of hydrogen-bond acceptors (Lipinski definition) is 4. The molecule has 0 aromatic heterocycles. The fourth-order valence-corrected chi connectivity index (χ4v) is 4.72. The molecule has 0 aliphatic carbocycles. The Hall–Kier alpha value is -2.93. The molecule has 1 spiro atoms. The van der Waals surface area contributed by atoms with Crippen LogP contribution in [0.3, 0.4) is 0 Å². The molecule has 5 rings (SSSR count). The van der Waals surface area contributed by atoms with Crippen LogP contribution < -0.4 is 4.74 Å². The molecular weight excluding hydrogens is 375 g/mol. The highest BCUT2D eigenvalue weighted by atomic mass is 19.1. The molecule has 7 heteroatoms. The Morgan fingerprint density at radius 2 is 1.93 bits per heavy atom. The molecule has 0 bridgehead atoms. The number of carbonyl (C=O) groups excluding carboxylic acids is 2. The molecule has 0 unspecified atom stereocenters. The summed E-state index contributed by atoms with van der Waals surface area (Å²) in [7, 11) is 0. The number of carbonyl (C=O) groups is 2. The summed E-state index contributed by atoms with van der Waals surface area (Å²) in [4.78, 5) is 29.0. The number of nitrogens with zero attached hydrogens (tertiary/aromatic N) is 2. The van der Waals surface area contributed by atoms with Crippen molar-refractivity contribution in [3.63, 3.8) is 0 Å². The minimum Gasteiger partial charge on any atom is -0.484 e. The van der Waals surface area contributed by atoms with Crippen LogP contribution in [0.5, 0.6) is 5.75 Å². The van der Waals surface area contributed by atoms with Gasteiger partial charge in [0.2, 0.25) is 5.91 Å². The number of ether oxygens (including phenoxy) is 2. The Kier molecular flexibility index (Phi) is 4.28. The van der Waals surface area contributed by atoms with E-state index in [1.807, 2.05) is 35.2 Å². The van der Waals surface area contributed by atoms with E-state index in [0.717, 1.165) is 5.56 Å². The molecule has 0 saturated carbocycles. The van der Waals surface area contributed by atoms with Gasteiger partial charge in [-0.2, -0.15) is 0 Å². The van der Waals surface area contributed by atoms with E-state index < -0.39 is 5.72 Å². The maximum Gasteiger partial charge on any atom is 0.260 e. The predicted octanol–water partition coefficient (Wildman–Crippen LogP) is 2.51. The van der Waals surface area contributed by atoms with Crippen LogP contribution in [-0.2, 0) is 14.3 Å². The molecule has 29 heavy (non-hydrogen) atoms. The number of halogens is 1. The zero-order chi connectivity index (χ0) is 20.0. The minimum atomic E-state index is -0.747. The number of benzene rings is 2. The van der Waals surface area contributed by atoms with E-state index in [0.29, 0.717) is 25.3 Å². The number of likely N-dealkylation sites (tertiary alicyclic amines) is 1. The van der Waals surface area contributed by atoms with Crippen molar-refractivity contribution in [3.8, 4) is 5.75 Å². The minimum absolute atomic E-state index is 0.0189. The van der Waals surface area contributed by atoms with E-state index in [9.17, 15) is 14.0 Å². The van der Waals surface area contributed by atoms with Crippen molar-refractivity contribution in [3.05, 3.63) is 66.0 Å². The standard InChI is InChI=1S/C22H21FN2O4/c23-16-6-8-17(9-7-16)28-14-21(27)24-11-10-22-19(24)12-20(26)25(22)13-18(29-22)15-4-2-1-3-5-15/h1-9,18-19H,10-14H2/t18-,19-,22+/m1/s1. The van der Waals surface area contributed by atoms with Crippen LogP contribution in [0, 0.1) is 5.82 Å². The van der Waals surface area contributed by atoms with E-state index >= 15 is 0 Å². The topological polar surface area (TPSA) is 59.1 Å². The first-order valence-corrected chi connectivity index (χ1v) is 9.78. The second-order valence-corrected chi connectivity index (χ2v) is 7.67. The quantitative estimate of drug-likeness (QED) is 0.797. The number of rotatable bonds is 4. The maximum absolute atomic E-state index is 13.0. The van der Waals surface area contributed by atoms with Crippen molar-refractivity contribution in [1.82, 2.24) is 9.80 Å². The summed E-state index contributed by atoms with van der Waals surface area (Å²) in [5, 5.41) is 0. The number of amides is 2. The molecule has 3 aliphatic rings. The van der Waals surface area contributed by atoms with Crippen molar-refractivity contribution in [2.24, 2.45) is 0 Å². The van der Waals surface area contributed by atoms with E-state index in [1.165, 1.54) is 24.3 Å². The zero-order valence-electron chi connectivity index (χ0n) is 15.8. The fourth-order valence-electron chi connectivity index (χ4n) is 4.72. The average molecular weight is 396 g/mol. The maximum atomic E-state index is 13.0. The van der Waals surface area contributed by atoms with Crippen LogP contribution in [-0.4, -0.2) is 53.1 Å². The molecule has 3 atom stereocenters. The summed E-state index contributed by atoms with van der Waals surface area (Å²) in [6, 6.07) is 15.1. The fraction of sp³-hybridized carbons (Fsp3) is 0.364. The van der Waals surface area contributed by atoms with Gasteiger partial charge in [0, 0.05) is 13.0 Å². The highest BCUT2D eigenvalue weighted by Gasteiger charge is 2.64. The lowest BCUT2D eigenvalue weighted by atomic mass is 10.1. The van der Waals surface area contributed by atoms with Crippen molar-refractivity contribution in [2.45, 2.75) is 30.7 Å². The van der Waals surface area contributed by atoms with Gasteiger partial charge in [0.25, 0.3) is 5.91 Å². The SMILES string of the molecule is O=C(COc1ccc(F)cc1)N1CC[C@@]23O[C@@H](c4ccccc4)CN2C(=O)C[C@@H]13. The highest BCUT2D eigenvalue weighted by Crippen LogP contribution is 2.50. The molecule has 0 N–H and O–H groups in total. The number of hydrogen-bond donors (Lipinski definition) is 0. The van der Waals surface area contributed by atoms with Crippen molar-refractivity contribution in [2.75, 3.05) is 19.7 Å². The van der Waals surface area contributed by atoms with E-state index in [4.69, 9.17) is 9.47 Å². The molecule has 2 aromatic carbocycles. The van der Waals surface area contributed by atoms with Gasteiger partial charge in [-0.05, 0) is 29.8 Å². The summed E-state index contributed by atoms with van der Waals surface area (Å²) in [5.74, 6) is -0.108. The van der Waals surface area contributed by atoms with Gasteiger partial charge < -0.3 is 19.3 Å². The van der Waals surface area contributed by atoms with Crippen LogP contribution in [0.25, 0.3) is 0 Å². The Labute approximate surface area is 167 Å². The molecule has 6 nitrogen and oxygen atoms in total. The Balaban J connectivity index is 1.30. The highest BCUT2D eigenvalue weighted by molar-refractivity contribution is 5.85. The van der Waals surface area contributed by atoms with Crippen LogP contribution in [0.2, 0.25) is 0 Å². The second kappa shape index (κ2) is 6.84. The summed E-state index contributed by atoms with van der Waals surface area (Å²) in [6.07, 6.45) is 0.673. The molecule has 3 aliphatic heterocycles. The Morgan fingerprint density at radius 1 is 1.17 bits per heavy atom. The molecular formula is C22H21FN2O4. The lowest BCUT2D eigenvalue weighted by Gasteiger charge is -2.31. The first-order chi connectivity index (χ1) is 14.1. The third-order valence-electron chi connectivity index (χ3n) is 6.10. The van der Waals surface area contributed by atoms with Crippen molar-refractivity contribution >= 4 is 11.8 Å². The third-order valence-corrected chi connectivity index (χ3v) is 6.10. The Morgan fingerprint density at radius 3 is 2.69 bits per heavy atom. The molecule has 3 heterocycles. The summed E-state index contributed by atoms with van der Waals surface area (Å²) >= 11 is 0. The van der Waals surface area contributed by atoms with Crippen LogP contribution >= 0.6 is 0 Å². The molecule has 0 radical (unpaired) electrons. The smallest absolute Gasteiger partial charge is 0.260 e. The van der Waals surface area contributed by atoms with Gasteiger partial charge in [0.1, 0.15) is 17.7 Å². The van der Waals surface area contributed by atoms with Gasteiger partial charge in [0.15, 0.2) is 12.3 Å². The summed E-state index contributed by atoms with van der Waals surface area (Å²) in [5.41, 5.74) is 0.288. The lowest BCUT2D eigenvalue weighted by molar-refractivity contribution is -0.143. The van der Waals surface area contributed by atoms with Gasteiger partial charge in [-0.25, -0.2) is 4.39 Å². The molecule has 2 aromatic rings. The normalized spacial score (nSPS) is 27.8. The Bertz CT molecular complexity index is 936. The zero-order valence-corrected chi connectivity index (χ0v) is 15.8. The van der Waals surface area contributed by atoms with Gasteiger partial charge in [-0.3, -0.25) is 9.59 Å². The van der Waals surface area contributed by atoms with Gasteiger partial charge in [-0.1, -0.05) is 30.3 Å². The first-order valence-electron chi connectivity index (χ1n) is 9.78. The lowest BCUT2D eigenvalue weighted by Crippen LogP contribution is -2.49. The molecule has 150 valence electrons. The molecule has 3 saturated heterocycles. The summed E-state index contributed by atoms with van der Waals surface area (Å²) in [6.45, 7) is 0.865. The molecule has 3 fully saturated rings. The summed E-state index contributed by atoms with van der Waals surface area (Å²) < 4.78 is 25.0. The first kappa shape index (κ1) is 18.1. The van der Waals surface area contributed by atoms with Crippen LogP contribution in [0.15, 0.2) is 54.6 Å². The van der Waals surface area contributed by atoms with Crippen LogP contribution in [0.1, 0.15) is 24.5 Å². The van der Waals surface area contributed by atoms with E-state index in [2.05, 4.69) is 0 Å². The van der Waals surface area contributed by atoms with Crippen molar-refractivity contribution < 1.29 is 23.5 Å². The second-order valence-electron chi connectivity index (χ2n) is 7.67.